The number of nitrogens with one attached hydrogen (secondary N) is 1. The molecule has 0 amide bonds. The van der Waals surface area contributed by atoms with Gasteiger partial charge in [0.1, 0.15) is 0 Å². The summed E-state index contributed by atoms with van der Waals surface area (Å²) in [6.45, 7) is 5.92. The van der Waals surface area contributed by atoms with Crippen molar-refractivity contribution in [3.8, 4) is 0 Å². The Labute approximate surface area is 119 Å². The van der Waals surface area contributed by atoms with Gasteiger partial charge in [0, 0.05) is 24.6 Å². The van der Waals surface area contributed by atoms with Crippen molar-refractivity contribution in [3.63, 3.8) is 0 Å². The van der Waals surface area contributed by atoms with E-state index in [1.165, 1.54) is 4.88 Å². The zero-order valence-corrected chi connectivity index (χ0v) is 12.5. The molecule has 0 radical (unpaired) electrons. The van der Waals surface area contributed by atoms with E-state index in [9.17, 15) is 5.11 Å². The lowest BCUT2D eigenvalue weighted by atomic mass is 10.3. The van der Waals surface area contributed by atoms with Gasteiger partial charge in [-0.05, 0) is 17.9 Å². The second kappa shape index (κ2) is 11.4. The molecule has 5 heteroatoms. The van der Waals surface area contributed by atoms with Crippen LogP contribution in [0.25, 0.3) is 0 Å². The van der Waals surface area contributed by atoms with Crippen LogP contribution in [0.1, 0.15) is 24.6 Å². The zero-order chi connectivity index (χ0) is 13.8. The molecular weight excluding hydrogens is 262 g/mol. The van der Waals surface area contributed by atoms with Crippen molar-refractivity contribution in [1.29, 1.82) is 0 Å². The van der Waals surface area contributed by atoms with Crippen molar-refractivity contribution in [3.05, 3.63) is 22.4 Å². The van der Waals surface area contributed by atoms with E-state index in [0.717, 1.165) is 26.0 Å². The molecule has 0 saturated carbocycles. The van der Waals surface area contributed by atoms with E-state index < -0.39 is 6.10 Å². The Hall–Kier alpha value is -0.460. The largest absolute Gasteiger partial charge is 0.389 e. The van der Waals surface area contributed by atoms with Crippen LogP contribution < -0.4 is 5.32 Å². The lowest BCUT2D eigenvalue weighted by Crippen LogP contribution is -2.32. The third-order valence-corrected chi connectivity index (χ3v) is 3.43. The summed E-state index contributed by atoms with van der Waals surface area (Å²) in [5, 5.41) is 14.9. The molecule has 4 nitrogen and oxygen atoms in total. The Morgan fingerprint density at radius 3 is 3.00 bits per heavy atom. The molecule has 0 aromatic carbocycles. The van der Waals surface area contributed by atoms with Gasteiger partial charge in [0.05, 0.1) is 25.9 Å². The van der Waals surface area contributed by atoms with Crippen LogP contribution >= 0.6 is 11.3 Å². The molecule has 1 unspecified atom stereocenters. The van der Waals surface area contributed by atoms with Crippen molar-refractivity contribution < 1.29 is 14.6 Å². The SMILES string of the molecule is CCCCOCCNCC(O)COCc1cccs1. The average Bonchev–Trinajstić information content (AvgIpc) is 2.91. The number of aliphatic hydroxyl groups excluding tert-OH is 1. The quantitative estimate of drug-likeness (QED) is 0.578. The Morgan fingerprint density at radius 1 is 1.37 bits per heavy atom. The highest BCUT2D eigenvalue weighted by atomic mass is 32.1. The second-order valence-corrected chi connectivity index (χ2v) is 5.45. The minimum Gasteiger partial charge on any atom is -0.389 e. The first-order chi connectivity index (χ1) is 9.33. The van der Waals surface area contributed by atoms with Gasteiger partial charge in [-0.25, -0.2) is 0 Å². The van der Waals surface area contributed by atoms with Gasteiger partial charge >= 0.3 is 0 Å². The number of thiophene rings is 1. The van der Waals surface area contributed by atoms with E-state index in [4.69, 9.17) is 9.47 Å². The van der Waals surface area contributed by atoms with E-state index >= 15 is 0 Å². The van der Waals surface area contributed by atoms with E-state index in [2.05, 4.69) is 12.2 Å². The first-order valence-corrected chi connectivity index (χ1v) is 7.77. The average molecular weight is 287 g/mol. The fraction of sp³-hybridized carbons (Fsp3) is 0.714. The minimum absolute atomic E-state index is 0.363. The number of hydrogen-bond acceptors (Lipinski definition) is 5. The number of unbranched alkanes of at least 4 members (excludes halogenated alkanes) is 1. The van der Waals surface area contributed by atoms with Gasteiger partial charge < -0.3 is 19.9 Å². The Balaban J connectivity index is 1.86. The topological polar surface area (TPSA) is 50.7 Å². The molecule has 1 rings (SSSR count). The van der Waals surface area contributed by atoms with Crippen LogP contribution in [0.4, 0.5) is 0 Å². The summed E-state index contributed by atoms with van der Waals surface area (Å²) in [5.74, 6) is 0. The molecule has 0 fully saturated rings. The zero-order valence-electron chi connectivity index (χ0n) is 11.6. The monoisotopic (exact) mass is 287 g/mol. The van der Waals surface area contributed by atoms with Crippen LogP contribution in [0.3, 0.4) is 0 Å². The Kier molecular flexibility index (Phi) is 9.93. The molecule has 0 bridgehead atoms. The molecule has 0 aliphatic heterocycles. The highest BCUT2D eigenvalue weighted by molar-refractivity contribution is 7.09. The fourth-order valence-corrected chi connectivity index (χ4v) is 2.15. The van der Waals surface area contributed by atoms with Crippen LogP contribution in [0.5, 0.6) is 0 Å². The summed E-state index contributed by atoms with van der Waals surface area (Å²) < 4.78 is 10.9. The predicted molar refractivity (Wildman–Crippen MR) is 78.6 cm³/mol. The maximum absolute atomic E-state index is 9.69. The number of rotatable bonds is 12. The minimum atomic E-state index is -0.462. The highest BCUT2D eigenvalue weighted by Gasteiger charge is 2.04. The van der Waals surface area contributed by atoms with E-state index in [1.54, 1.807) is 11.3 Å². The van der Waals surface area contributed by atoms with Crippen LogP contribution in [-0.2, 0) is 16.1 Å². The third-order valence-electron chi connectivity index (χ3n) is 2.58. The first kappa shape index (κ1) is 16.6. The van der Waals surface area contributed by atoms with Crippen LogP contribution in [0.2, 0.25) is 0 Å². The van der Waals surface area contributed by atoms with Gasteiger partial charge in [-0.3, -0.25) is 0 Å². The van der Waals surface area contributed by atoms with Crippen LogP contribution in [-0.4, -0.2) is 44.1 Å². The third kappa shape index (κ3) is 9.13. The maximum Gasteiger partial charge on any atom is 0.0897 e. The normalized spacial score (nSPS) is 12.7. The Morgan fingerprint density at radius 2 is 2.26 bits per heavy atom. The molecule has 2 N–H and O–H groups in total. The summed E-state index contributed by atoms with van der Waals surface area (Å²) in [7, 11) is 0. The van der Waals surface area contributed by atoms with Gasteiger partial charge in [-0.2, -0.15) is 0 Å². The van der Waals surface area contributed by atoms with Crippen molar-refractivity contribution in [2.75, 3.05) is 32.9 Å². The van der Waals surface area contributed by atoms with Gasteiger partial charge in [-0.1, -0.05) is 19.4 Å². The first-order valence-electron chi connectivity index (χ1n) is 6.89. The van der Waals surface area contributed by atoms with E-state index in [0.29, 0.717) is 26.4 Å². The van der Waals surface area contributed by atoms with Crippen molar-refractivity contribution in [1.82, 2.24) is 5.32 Å². The van der Waals surface area contributed by atoms with Crippen molar-refractivity contribution >= 4 is 11.3 Å². The molecule has 0 aliphatic carbocycles. The Bertz CT molecular complexity index is 293. The lowest BCUT2D eigenvalue weighted by Gasteiger charge is -2.12. The molecular formula is C14H25NO3S. The molecule has 0 spiro atoms. The van der Waals surface area contributed by atoms with Crippen molar-refractivity contribution in [2.24, 2.45) is 0 Å². The molecule has 0 saturated heterocycles. The van der Waals surface area contributed by atoms with Gasteiger partial charge in [0.25, 0.3) is 0 Å². The molecule has 19 heavy (non-hydrogen) atoms. The maximum atomic E-state index is 9.69. The summed E-state index contributed by atoms with van der Waals surface area (Å²) in [4.78, 5) is 1.18. The molecule has 0 aliphatic rings. The summed E-state index contributed by atoms with van der Waals surface area (Å²) in [6, 6.07) is 4.03. The molecule has 1 heterocycles. The van der Waals surface area contributed by atoms with Gasteiger partial charge in [0.2, 0.25) is 0 Å². The standard InChI is InChI=1S/C14H25NO3S/c1-2-3-7-17-8-6-15-10-13(16)11-18-12-14-5-4-9-19-14/h4-5,9,13,15-16H,2-3,6-8,10-12H2,1H3. The lowest BCUT2D eigenvalue weighted by molar-refractivity contribution is 0.0287. The smallest absolute Gasteiger partial charge is 0.0897 e. The summed E-state index contributed by atoms with van der Waals surface area (Å²) in [5.41, 5.74) is 0. The number of hydrogen-bond donors (Lipinski definition) is 2. The molecule has 1 aromatic heterocycles. The summed E-state index contributed by atoms with van der Waals surface area (Å²) >= 11 is 1.67. The van der Waals surface area contributed by atoms with Crippen LogP contribution in [0.15, 0.2) is 17.5 Å². The molecule has 1 atom stereocenters. The summed E-state index contributed by atoms with van der Waals surface area (Å²) in [6.07, 6.45) is 1.81. The fourth-order valence-electron chi connectivity index (χ4n) is 1.51. The van der Waals surface area contributed by atoms with Gasteiger partial charge in [0.15, 0.2) is 0 Å². The molecule has 1 aromatic rings. The predicted octanol–water partition coefficient (Wildman–Crippen LogP) is 2.03. The number of ether oxygens (including phenoxy) is 2. The van der Waals surface area contributed by atoms with Crippen LogP contribution in [0, 0.1) is 0 Å². The van der Waals surface area contributed by atoms with Gasteiger partial charge in [-0.15, -0.1) is 11.3 Å². The number of aliphatic hydroxyl groups is 1. The van der Waals surface area contributed by atoms with E-state index in [1.807, 2.05) is 17.5 Å². The highest BCUT2D eigenvalue weighted by Crippen LogP contribution is 2.09. The second-order valence-electron chi connectivity index (χ2n) is 4.42. The van der Waals surface area contributed by atoms with E-state index in [-0.39, 0.29) is 0 Å². The molecule has 110 valence electrons. The van der Waals surface area contributed by atoms with Crippen molar-refractivity contribution in [2.45, 2.75) is 32.5 Å².